The number of unbranched alkanes of at least 4 members (excludes halogenated alkanes) is 1. The Morgan fingerprint density at radius 1 is 1.09 bits per heavy atom. The lowest BCUT2D eigenvalue weighted by Crippen LogP contribution is -2.37. The summed E-state index contributed by atoms with van der Waals surface area (Å²) in [5.74, 6) is -2.24. The normalized spacial score (nSPS) is 11.6. The number of benzene rings is 2. The molecule has 1 atom stereocenters. The van der Waals surface area contributed by atoms with Crippen LogP contribution in [0.5, 0.6) is 0 Å². The number of carbonyl (C=O) groups excluding carboxylic acids is 2. The Bertz CT molecular complexity index is 1090. The Labute approximate surface area is 200 Å². The van der Waals surface area contributed by atoms with E-state index in [9.17, 15) is 44.2 Å². The molecule has 2 amide bonds. The molecule has 0 aliphatic heterocycles. The lowest BCUT2D eigenvalue weighted by atomic mass is 9.79. The molecule has 0 aromatic heterocycles. The molecule has 8 N–H and O–H groups in total. The highest BCUT2D eigenvalue weighted by Gasteiger charge is 2.24. The SMILES string of the molecule is NC(=O)C(N)CCCCN(Cc1ccc(F)c(B(O)O)c1)C(=O)c1cc(B(O)O)cc([N+](=O)[O-])c1. The topological polar surface area (TPSA) is 213 Å². The Morgan fingerprint density at radius 2 is 1.77 bits per heavy atom. The second kappa shape index (κ2) is 12.4. The zero-order chi connectivity index (χ0) is 26.3. The van der Waals surface area contributed by atoms with Crippen molar-refractivity contribution in [1.29, 1.82) is 0 Å². The predicted octanol–water partition coefficient (Wildman–Crippen LogP) is -2.28. The number of nitro groups is 1. The van der Waals surface area contributed by atoms with Gasteiger partial charge in [0.25, 0.3) is 11.6 Å². The van der Waals surface area contributed by atoms with Crippen LogP contribution in [-0.4, -0.2) is 68.6 Å². The molecule has 0 heterocycles. The largest absolute Gasteiger partial charge is 0.491 e. The number of halogens is 1. The summed E-state index contributed by atoms with van der Waals surface area (Å²) in [5, 5.41) is 48.9. The van der Waals surface area contributed by atoms with E-state index in [2.05, 4.69) is 0 Å². The Balaban J connectivity index is 2.36. The molecule has 2 aromatic carbocycles. The summed E-state index contributed by atoms with van der Waals surface area (Å²) in [7, 11) is -4.14. The second-order valence-corrected chi connectivity index (χ2v) is 7.90. The highest BCUT2D eigenvalue weighted by Crippen LogP contribution is 2.17. The Morgan fingerprint density at radius 3 is 2.34 bits per heavy atom. The minimum atomic E-state index is -2.08. The molecule has 35 heavy (non-hydrogen) atoms. The molecular formula is C20H25B2FN4O8. The minimum absolute atomic E-state index is 0.0818. The first kappa shape index (κ1) is 27.9. The van der Waals surface area contributed by atoms with E-state index in [0.29, 0.717) is 18.4 Å². The average molecular weight is 490 g/mol. The third-order valence-electron chi connectivity index (χ3n) is 5.25. The zero-order valence-corrected chi connectivity index (χ0v) is 18.6. The van der Waals surface area contributed by atoms with Gasteiger partial charge in [-0.1, -0.05) is 12.1 Å². The van der Waals surface area contributed by atoms with E-state index in [1.165, 1.54) is 17.0 Å². The molecule has 0 aliphatic carbocycles. The molecule has 1 unspecified atom stereocenters. The van der Waals surface area contributed by atoms with Crippen molar-refractivity contribution in [2.24, 2.45) is 11.5 Å². The van der Waals surface area contributed by atoms with Gasteiger partial charge < -0.3 is 36.5 Å². The lowest BCUT2D eigenvalue weighted by molar-refractivity contribution is -0.384. The van der Waals surface area contributed by atoms with Crippen LogP contribution in [0, 0.1) is 15.9 Å². The summed E-state index contributed by atoms with van der Waals surface area (Å²) in [5.41, 5.74) is 9.70. The molecule has 2 rings (SSSR count). The number of nitro benzene ring substituents is 1. The molecule has 186 valence electrons. The monoisotopic (exact) mass is 490 g/mol. The highest BCUT2D eigenvalue weighted by molar-refractivity contribution is 6.59. The van der Waals surface area contributed by atoms with Crippen LogP contribution in [0.3, 0.4) is 0 Å². The maximum Gasteiger partial charge on any atom is 0.491 e. The smallest absolute Gasteiger partial charge is 0.423 e. The van der Waals surface area contributed by atoms with Crippen molar-refractivity contribution in [1.82, 2.24) is 4.90 Å². The summed E-state index contributed by atoms with van der Waals surface area (Å²) in [6.07, 6.45) is 1.02. The average Bonchev–Trinajstić information content (AvgIpc) is 2.80. The maximum atomic E-state index is 13.8. The van der Waals surface area contributed by atoms with Gasteiger partial charge in [-0.2, -0.15) is 0 Å². The van der Waals surface area contributed by atoms with E-state index in [0.717, 1.165) is 24.3 Å². The molecule has 0 spiro atoms. The predicted molar refractivity (Wildman–Crippen MR) is 125 cm³/mol. The van der Waals surface area contributed by atoms with E-state index in [1.54, 1.807) is 0 Å². The van der Waals surface area contributed by atoms with Crippen LogP contribution in [0.25, 0.3) is 0 Å². The standard InChI is InChI=1S/C20H25B2FN4O8/c23-17-5-4-12(7-16(17)22(32)33)11-26(6-2-1-3-18(24)19(25)28)20(29)13-8-14(21(30)31)10-15(9-13)27(34)35/h4-5,7-10,18,30-33H,1-3,6,11,24H2,(H2,25,28). The van der Waals surface area contributed by atoms with E-state index in [4.69, 9.17) is 11.5 Å². The third kappa shape index (κ3) is 7.83. The van der Waals surface area contributed by atoms with Gasteiger partial charge in [0.2, 0.25) is 5.91 Å². The molecule has 0 fully saturated rings. The summed E-state index contributed by atoms with van der Waals surface area (Å²) < 4.78 is 13.8. The van der Waals surface area contributed by atoms with Crippen LogP contribution in [0.4, 0.5) is 10.1 Å². The van der Waals surface area contributed by atoms with Gasteiger partial charge in [-0.15, -0.1) is 0 Å². The number of carbonyl (C=O) groups is 2. The third-order valence-corrected chi connectivity index (χ3v) is 5.25. The molecule has 0 aliphatic rings. The quantitative estimate of drug-likeness (QED) is 0.0817. The minimum Gasteiger partial charge on any atom is -0.423 e. The van der Waals surface area contributed by atoms with E-state index < -0.39 is 54.0 Å². The summed E-state index contributed by atoms with van der Waals surface area (Å²) >= 11 is 0. The van der Waals surface area contributed by atoms with Gasteiger partial charge in [0.1, 0.15) is 5.82 Å². The number of nitrogens with zero attached hydrogens (tertiary/aromatic N) is 2. The number of hydrogen-bond donors (Lipinski definition) is 6. The Kier molecular flexibility index (Phi) is 9.86. The lowest BCUT2D eigenvalue weighted by Gasteiger charge is -2.24. The number of rotatable bonds is 12. The summed E-state index contributed by atoms with van der Waals surface area (Å²) in [4.78, 5) is 36.1. The molecule has 0 bridgehead atoms. The molecule has 0 saturated heterocycles. The maximum absolute atomic E-state index is 13.8. The van der Waals surface area contributed by atoms with Gasteiger partial charge in [-0.25, -0.2) is 4.39 Å². The first-order chi connectivity index (χ1) is 16.4. The zero-order valence-electron chi connectivity index (χ0n) is 18.6. The van der Waals surface area contributed by atoms with E-state index in [1.807, 2.05) is 0 Å². The molecule has 2 aromatic rings. The summed E-state index contributed by atoms with van der Waals surface area (Å²) in [6.45, 7) is -0.0567. The van der Waals surface area contributed by atoms with Gasteiger partial charge in [-0.05, 0) is 42.4 Å². The molecular weight excluding hydrogens is 465 g/mol. The van der Waals surface area contributed by atoms with Crippen LogP contribution in [0.2, 0.25) is 0 Å². The van der Waals surface area contributed by atoms with Gasteiger partial charge in [0.15, 0.2) is 0 Å². The van der Waals surface area contributed by atoms with Gasteiger partial charge >= 0.3 is 14.2 Å². The fourth-order valence-corrected chi connectivity index (χ4v) is 3.37. The van der Waals surface area contributed by atoms with Crippen molar-refractivity contribution < 1.29 is 39.0 Å². The van der Waals surface area contributed by atoms with Crippen molar-refractivity contribution in [3.8, 4) is 0 Å². The van der Waals surface area contributed by atoms with Gasteiger partial charge in [0.05, 0.1) is 11.0 Å². The number of nitrogens with two attached hydrogens (primary N) is 2. The molecule has 12 nitrogen and oxygen atoms in total. The first-order valence-corrected chi connectivity index (χ1v) is 10.5. The Hall–Kier alpha value is -3.36. The van der Waals surface area contributed by atoms with Crippen molar-refractivity contribution in [2.45, 2.75) is 31.8 Å². The number of amides is 2. The van der Waals surface area contributed by atoms with E-state index in [-0.39, 0.29) is 30.5 Å². The number of primary amides is 1. The number of hydrogen-bond acceptors (Lipinski definition) is 9. The van der Waals surface area contributed by atoms with Crippen LogP contribution < -0.4 is 22.4 Å². The molecule has 0 saturated carbocycles. The number of non-ortho nitro benzene ring substituents is 1. The van der Waals surface area contributed by atoms with E-state index >= 15 is 0 Å². The van der Waals surface area contributed by atoms with Crippen molar-refractivity contribution in [3.05, 3.63) is 63.5 Å². The van der Waals surface area contributed by atoms with Crippen molar-refractivity contribution in [2.75, 3.05) is 6.54 Å². The summed E-state index contributed by atoms with van der Waals surface area (Å²) in [6, 6.07) is 5.65. The van der Waals surface area contributed by atoms with Crippen LogP contribution in [0.1, 0.15) is 35.2 Å². The fraction of sp³-hybridized carbons (Fsp3) is 0.300. The second-order valence-electron chi connectivity index (χ2n) is 7.90. The van der Waals surface area contributed by atoms with Gasteiger partial charge in [-0.3, -0.25) is 19.7 Å². The van der Waals surface area contributed by atoms with Gasteiger partial charge in [0, 0.05) is 36.2 Å². The highest BCUT2D eigenvalue weighted by atomic mass is 19.1. The first-order valence-electron chi connectivity index (χ1n) is 10.5. The van der Waals surface area contributed by atoms with Crippen molar-refractivity contribution >= 4 is 42.7 Å². The van der Waals surface area contributed by atoms with Crippen LogP contribution >= 0.6 is 0 Å². The fourth-order valence-electron chi connectivity index (χ4n) is 3.37. The van der Waals surface area contributed by atoms with Crippen LogP contribution in [-0.2, 0) is 11.3 Å². The molecule has 0 radical (unpaired) electrons. The molecule has 15 heteroatoms. The van der Waals surface area contributed by atoms with Crippen LogP contribution in [0.15, 0.2) is 36.4 Å². The van der Waals surface area contributed by atoms with Crippen molar-refractivity contribution in [3.63, 3.8) is 0 Å².